The lowest BCUT2D eigenvalue weighted by Gasteiger charge is -2.31. The first-order valence-electron chi connectivity index (χ1n) is 11.4. The highest BCUT2D eigenvalue weighted by Crippen LogP contribution is 2.31. The molecule has 2 saturated heterocycles. The van der Waals surface area contributed by atoms with E-state index in [0.29, 0.717) is 48.6 Å². The van der Waals surface area contributed by atoms with Crippen LogP contribution in [-0.4, -0.2) is 68.5 Å². The van der Waals surface area contributed by atoms with Crippen molar-refractivity contribution in [1.29, 1.82) is 0 Å². The molecule has 0 bridgehead atoms. The predicted octanol–water partition coefficient (Wildman–Crippen LogP) is 3.99. The van der Waals surface area contributed by atoms with Crippen LogP contribution in [0.15, 0.2) is 36.5 Å². The zero-order valence-corrected chi connectivity index (χ0v) is 18.8. The molecule has 3 atom stereocenters. The number of benzene rings is 1. The number of carboxylic acid groups (broad SMARTS) is 1. The average molecular weight is 454 g/mol. The number of imidazole rings is 1. The Morgan fingerprint density at radius 1 is 1.21 bits per heavy atom. The van der Waals surface area contributed by atoms with Crippen LogP contribution in [0.4, 0.5) is 15.0 Å². The molecule has 3 aromatic rings. The smallest absolute Gasteiger partial charge is 0.407 e. The molecule has 33 heavy (non-hydrogen) atoms. The van der Waals surface area contributed by atoms with Gasteiger partial charge in [0.05, 0.1) is 31.3 Å². The van der Waals surface area contributed by atoms with Gasteiger partial charge in [-0.25, -0.2) is 19.2 Å². The fourth-order valence-corrected chi connectivity index (χ4v) is 5.06. The maximum absolute atomic E-state index is 14.9. The zero-order valence-electron chi connectivity index (χ0n) is 18.8. The molecular weight excluding hydrogens is 425 g/mol. The molecular formula is C24H28FN5O3. The number of hydrogen-bond donors (Lipinski definition) is 1. The molecule has 174 valence electrons. The molecule has 1 amide bonds. The summed E-state index contributed by atoms with van der Waals surface area (Å²) >= 11 is 0. The zero-order chi connectivity index (χ0) is 23.1. The van der Waals surface area contributed by atoms with E-state index in [-0.39, 0.29) is 12.4 Å². The minimum atomic E-state index is -0.977. The fraction of sp³-hybridized carbons (Fsp3) is 0.458. The van der Waals surface area contributed by atoms with E-state index in [1.165, 1.54) is 11.0 Å². The van der Waals surface area contributed by atoms with Crippen LogP contribution in [0, 0.1) is 5.82 Å². The minimum Gasteiger partial charge on any atom is -0.465 e. The molecule has 0 spiro atoms. The lowest BCUT2D eigenvalue weighted by Crippen LogP contribution is -2.46. The fourth-order valence-electron chi connectivity index (χ4n) is 5.06. The third-order valence-corrected chi connectivity index (χ3v) is 6.74. The Labute approximate surface area is 191 Å². The summed E-state index contributed by atoms with van der Waals surface area (Å²) in [4.78, 5) is 24.5. The van der Waals surface area contributed by atoms with E-state index in [9.17, 15) is 14.3 Å². The van der Waals surface area contributed by atoms with Crippen LogP contribution in [-0.2, 0) is 11.3 Å². The molecule has 5 rings (SSSR count). The number of aromatic nitrogens is 3. The normalized spacial score (nSPS) is 23.4. The Morgan fingerprint density at radius 2 is 2.00 bits per heavy atom. The van der Waals surface area contributed by atoms with Gasteiger partial charge in [0.2, 0.25) is 0 Å². The quantitative estimate of drug-likeness (QED) is 0.643. The maximum atomic E-state index is 14.9. The van der Waals surface area contributed by atoms with Crippen molar-refractivity contribution < 1.29 is 19.0 Å². The SMILES string of the molecule is C[C@H]1CC[C@H](C)N1c1ccc(-c2nc3cccc(F)c3n2C[C@@H]2CN(C(=O)O)CCO2)cn1. The van der Waals surface area contributed by atoms with Crippen molar-refractivity contribution in [1.82, 2.24) is 19.4 Å². The first-order valence-corrected chi connectivity index (χ1v) is 11.4. The van der Waals surface area contributed by atoms with Gasteiger partial charge in [-0.3, -0.25) is 0 Å². The van der Waals surface area contributed by atoms with Crippen LogP contribution >= 0.6 is 0 Å². The number of halogens is 1. The summed E-state index contributed by atoms with van der Waals surface area (Å²) in [6.07, 6.45) is 2.70. The number of ether oxygens (including phenoxy) is 1. The second-order valence-corrected chi connectivity index (χ2v) is 8.96. The number of nitrogens with zero attached hydrogens (tertiary/aromatic N) is 5. The maximum Gasteiger partial charge on any atom is 0.407 e. The van der Waals surface area contributed by atoms with Crippen molar-refractivity contribution in [2.24, 2.45) is 0 Å². The standard InChI is InChI=1S/C24H28FN5O3/c1-15-6-7-16(2)30(15)21-9-8-17(12-26-21)23-27-20-5-3-4-19(25)22(20)29(23)14-18-13-28(24(31)32)10-11-33-18/h3-5,8-9,12,15-16,18H,6-7,10-11,13-14H2,1-2H3,(H,31,32)/t15-,16-,18-/m0/s1. The summed E-state index contributed by atoms with van der Waals surface area (Å²) in [6, 6.07) is 9.68. The Bertz CT molecular complexity index is 1150. The highest BCUT2D eigenvalue weighted by molar-refractivity contribution is 5.81. The number of anilines is 1. The number of fused-ring (bicyclic) bond motifs is 1. The first kappa shape index (κ1) is 21.6. The molecule has 4 heterocycles. The van der Waals surface area contributed by atoms with Crippen LogP contribution in [0.1, 0.15) is 26.7 Å². The number of hydrogen-bond acceptors (Lipinski definition) is 5. The Balaban J connectivity index is 1.50. The van der Waals surface area contributed by atoms with Crippen molar-refractivity contribution in [2.45, 2.75) is 51.4 Å². The Kier molecular flexibility index (Phi) is 5.65. The topological polar surface area (TPSA) is 83.7 Å². The monoisotopic (exact) mass is 453 g/mol. The van der Waals surface area contributed by atoms with Crippen LogP contribution in [0.3, 0.4) is 0 Å². The van der Waals surface area contributed by atoms with Gasteiger partial charge in [-0.05, 0) is 51.0 Å². The first-order chi connectivity index (χ1) is 15.9. The molecule has 8 nitrogen and oxygen atoms in total. The van der Waals surface area contributed by atoms with Crippen molar-refractivity contribution in [3.8, 4) is 11.4 Å². The van der Waals surface area contributed by atoms with Crippen LogP contribution in [0.2, 0.25) is 0 Å². The molecule has 2 aliphatic heterocycles. The highest BCUT2D eigenvalue weighted by Gasteiger charge is 2.29. The number of pyridine rings is 1. The van der Waals surface area contributed by atoms with E-state index in [0.717, 1.165) is 24.2 Å². The van der Waals surface area contributed by atoms with Crippen molar-refractivity contribution in [3.05, 3.63) is 42.3 Å². The molecule has 0 unspecified atom stereocenters. The highest BCUT2D eigenvalue weighted by atomic mass is 19.1. The van der Waals surface area contributed by atoms with E-state index in [4.69, 9.17) is 14.7 Å². The predicted molar refractivity (Wildman–Crippen MR) is 123 cm³/mol. The molecule has 0 saturated carbocycles. The second-order valence-electron chi connectivity index (χ2n) is 8.96. The second kappa shape index (κ2) is 8.62. The molecule has 2 aromatic heterocycles. The summed E-state index contributed by atoms with van der Waals surface area (Å²) in [5.74, 6) is 1.15. The average Bonchev–Trinajstić information content (AvgIpc) is 3.34. The van der Waals surface area contributed by atoms with Gasteiger partial charge < -0.3 is 24.2 Å². The summed E-state index contributed by atoms with van der Waals surface area (Å²) in [6.45, 7) is 5.58. The number of para-hydroxylation sites is 1. The number of amides is 1. The largest absolute Gasteiger partial charge is 0.465 e. The Hall–Kier alpha value is -3.20. The lowest BCUT2D eigenvalue weighted by molar-refractivity contribution is -0.0286. The van der Waals surface area contributed by atoms with Gasteiger partial charge >= 0.3 is 6.09 Å². The van der Waals surface area contributed by atoms with E-state index < -0.39 is 12.2 Å². The van der Waals surface area contributed by atoms with E-state index >= 15 is 0 Å². The molecule has 1 aromatic carbocycles. The van der Waals surface area contributed by atoms with Gasteiger partial charge in [0.1, 0.15) is 23.0 Å². The van der Waals surface area contributed by atoms with Crippen LogP contribution < -0.4 is 4.90 Å². The van der Waals surface area contributed by atoms with Crippen LogP contribution in [0.25, 0.3) is 22.4 Å². The van der Waals surface area contributed by atoms with Gasteiger partial charge in [-0.1, -0.05) is 6.07 Å². The molecule has 1 N–H and O–H groups in total. The van der Waals surface area contributed by atoms with Crippen molar-refractivity contribution in [2.75, 3.05) is 24.6 Å². The van der Waals surface area contributed by atoms with Gasteiger partial charge in [0, 0.05) is 30.4 Å². The van der Waals surface area contributed by atoms with E-state index in [1.807, 2.05) is 12.1 Å². The minimum absolute atomic E-state index is 0.227. The molecule has 9 heteroatoms. The Morgan fingerprint density at radius 3 is 2.70 bits per heavy atom. The summed E-state index contributed by atoms with van der Waals surface area (Å²) < 4.78 is 22.5. The summed E-state index contributed by atoms with van der Waals surface area (Å²) in [7, 11) is 0. The van der Waals surface area contributed by atoms with Crippen LogP contribution in [0.5, 0.6) is 0 Å². The van der Waals surface area contributed by atoms with Gasteiger partial charge in [0.15, 0.2) is 0 Å². The van der Waals surface area contributed by atoms with Gasteiger partial charge in [0.25, 0.3) is 0 Å². The summed E-state index contributed by atoms with van der Waals surface area (Å²) in [5.41, 5.74) is 1.70. The van der Waals surface area contributed by atoms with E-state index in [2.05, 4.69) is 18.7 Å². The van der Waals surface area contributed by atoms with Crippen molar-refractivity contribution >= 4 is 22.9 Å². The molecule has 0 radical (unpaired) electrons. The van der Waals surface area contributed by atoms with Gasteiger partial charge in [-0.15, -0.1) is 0 Å². The number of carbonyl (C=O) groups is 1. The van der Waals surface area contributed by atoms with E-state index in [1.54, 1.807) is 22.9 Å². The van der Waals surface area contributed by atoms with Gasteiger partial charge in [-0.2, -0.15) is 0 Å². The molecule has 2 fully saturated rings. The molecule has 0 aliphatic carbocycles. The third kappa shape index (κ3) is 4.01. The summed E-state index contributed by atoms with van der Waals surface area (Å²) in [5, 5.41) is 9.36. The van der Waals surface area contributed by atoms with Crippen molar-refractivity contribution in [3.63, 3.8) is 0 Å². The lowest BCUT2D eigenvalue weighted by atomic mass is 10.2. The number of morpholine rings is 1. The number of rotatable bonds is 4. The third-order valence-electron chi connectivity index (χ3n) is 6.74. The molecule has 2 aliphatic rings.